The first kappa shape index (κ1) is 15.4. The van der Waals surface area contributed by atoms with Gasteiger partial charge in [0.05, 0.1) is 22.5 Å². The summed E-state index contributed by atoms with van der Waals surface area (Å²) >= 11 is 1.52. The maximum atomic E-state index is 12.4. The number of aryl methyl sites for hydroxylation is 1. The quantitative estimate of drug-likeness (QED) is 0.533. The fraction of sp³-hybridized carbons (Fsp3) is 0.111. The summed E-state index contributed by atoms with van der Waals surface area (Å²) < 4.78 is 3.41. The molecule has 0 amide bonds. The van der Waals surface area contributed by atoms with Gasteiger partial charge in [-0.15, -0.1) is 10.2 Å². The lowest BCUT2D eigenvalue weighted by atomic mass is 10.2. The van der Waals surface area contributed by atoms with Gasteiger partial charge in [-0.05, 0) is 29.8 Å². The number of hydrogen-bond acceptors (Lipinski definition) is 5. The van der Waals surface area contributed by atoms with Crippen molar-refractivity contribution >= 4 is 28.4 Å². The number of hydrogen-bond donors (Lipinski definition) is 0. The molecule has 0 radical (unpaired) electrons. The first-order chi connectivity index (χ1) is 12.2. The zero-order chi connectivity index (χ0) is 17.4. The lowest BCUT2D eigenvalue weighted by Crippen LogP contribution is -2.20. The van der Waals surface area contributed by atoms with E-state index >= 15 is 0 Å². The van der Waals surface area contributed by atoms with E-state index in [1.807, 2.05) is 46.9 Å². The molecule has 122 valence electrons. The second-order valence-electron chi connectivity index (χ2n) is 5.60. The van der Waals surface area contributed by atoms with E-state index in [1.165, 1.54) is 16.3 Å². The predicted octanol–water partition coefficient (Wildman–Crippen LogP) is 2.75. The van der Waals surface area contributed by atoms with Crippen molar-refractivity contribution in [3.8, 4) is 6.07 Å². The number of aromatic nitrogens is 4. The van der Waals surface area contributed by atoms with Gasteiger partial charge >= 0.3 is 0 Å². The number of fused-ring (bicyclic) bond motifs is 3. The Hall–Kier alpha value is -3.11. The van der Waals surface area contributed by atoms with Gasteiger partial charge in [0.15, 0.2) is 5.16 Å². The van der Waals surface area contributed by atoms with Crippen LogP contribution in [0, 0.1) is 11.3 Å². The third-order valence-corrected chi connectivity index (χ3v) is 5.02. The van der Waals surface area contributed by atoms with E-state index < -0.39 is 0 Å². The molecule has 0 unspecified atom stereocenters. The second kappa shape index (κ2) is 6.07. The van der Waals surface area contributed by atoms with Crippen LogP contribution in [0.25, 0.3) is 16.7 Å². The smallest absolute Gasteiger partial charge is 0.262 e. The fourth-order valence-electron chi connectivity index (χ4n) is 2.78. The summed E-state index contributed by atoms with van der Waals surface area (Å²) in [5.74, 6) is 1.17. The first-order valence-electron chi connectivity index (χ1n) is 7.64. The highest BCUT2D eigenvalue weighted by atomic mass is 32.2. The number of benzene rings is 2. The molecule has 25 heavy (non-hydrogen) atoms. The summed E-state index contributed by atoms with van der Waals surface area (Å²) in [6.45, 7) is 0. The van der Waals surface area contributed by atoms with Crippen molar-refractivity contribution in [2.24, 2.45) is 7.05 Å². The minimum Gasteiger partial charge on any atom is -0.279 e. The molecule has 0 spiro atoms. The van der Waals surface area contributed by atoms with Gasteiger partial charge < -0.3 is 0 Å². The van der Waals surface area contributed by atoms with E-state index in [4.69, 9.17) is 5.26 Å². The Morgan fingerprint density at radius 1 is 1.16 bits per heavy atom. The van der Waals surface area contributed by atoms with Crippen LogP contribution in [0.5, 0.6) is 0 Å². The molecular weight excluding hydrogens is 334 g/mol. The SMILES string of the molecule is Cn1c(=O)c2ccccc2n2c(SCc3cccc(C#N)c3)nnc12. The zero-order valence-corrected chi connectivity index (χ0v) is 14.2. The molecule has 0 aliphatic heterocycles. The Bertz CT molecular complexity index is 1200. The predicted molar refractivity (Wildman–Crippen MR) is 96.5 cm³/mol. The zero-order valence-electron chi connectivity index (χ0n) is 13.4. The van der Waals surface area contributed by atoms with Crippen LogP contribution < -0.4 is 5.56 Å². The van der Waals surface area contributed by atoms with Crippen LogP contribution >= 0.6 is 11.8 Å². The molecule has 0 fully saturated rings. The Labute approximate surface area is 147 Å². The maximum absolute atomic E-state index is 12.4. The van der Waals surface area contributed by atoms with Crippen LogP contribution in [0.15, 0.2) is 58.5 Å². The number of rotatable bonds is 3. The van der Waals surface area contributed by atoms with Crippen LogP contribution in [0.1, 0.15) is 11.1 Å². The van der Waals surface area contributed by atoms with Crippen molar-refractivity contribution in [3.63, 3.8) is 0 Å². The van der Waals surface area contributed by atoms with Crippen molar-refractivity contribution in [2.45, 2.75) is 10.9 Å². The Morgan fingerprint density at radius 3 is 2.84 bits per heavy atom. The first-order valence-corrected chi connectivity index (χ1v) is 8.62. The van der Waals surface area contributed by atoms with Crippen LogP contribution in [0.4, 0.5) is 0 Å². The van der Waals surface area contributed by atoms with E-state index in [1.54, 1.807) is 13.1 Å². The number of nitriles is 1. The molecule has 0 bridgehead atoms. The molecule has 4 aromatic rings. The molecule has 6 nitrogen and oxygen atoms in total. The van der Waals surface area contributed by atoms with Crippen LogP contribution in [0.3, 0.4) is 0 Å². The van der Waals surface area contributed by atoms with Crippen LogP contribution in [0.2, 0.25) is 0 Å². The van der Waals surface area contributed by atoms with E-state index in [0.29, 0.717) is 27.6 Å². The number of nitrogens with zero attached hydrogens (tertiary/aromatic N) is 5. The van der Waals surface area contributed by atoms with Gasteiger partial charge in [-0.1, -0.05) is 36.0 Å². The summed E-state index contributed by atoms with van der Waals surface area (Å²) in [6, 6.07) is 17.1. The summed E-state index contributed by atoms with van der Waals surface area (Å²) in [6.07, 6.45) is 0. The molecule has 0 aliphatic rings. The monoisotopic (exact) mass is 347 g/mol. The molecule has 7 heteroatoms. The van der Waals surface area contributed by atoms with Gasteiger partial charge in [-0.25, -0.2) is 0 Å². The van der Waals surface area contributed by atoms with Crippen LogP contribution in [-0.2, 0) is 12.8 Å². The number of para-hydroxylation sites is 1. The third kappa shape index (κ3) is 2.57. The highest BCUT2D eigenvalue weighted by Crippen LogP contribution is 2.24. The van der Waals surface area contributed by atoms with Gasteiger partial charge in [-0.3, -0.25) is 13.8 Å². The fourth-order valence-corrected chi connectivity index (χ4v) is 3.67. The second-order valence-corrected chi connectivity index (χ2v) is 6.54. The van der Waals surface area contributed by atoms with Crippen LogP contribution in [-0.4, -0.2) is 19.2 Å². The van der Waals surface area contributed by atoms with Crippen molar-refractivity contribution < 1.29 is 0 Å². The molecular formula is C18H13N5OS. The average Bonchev–Trinajstić information content (AvgIpc) is 3.09. The number of thioether (sulfide) groups is 1. The van der Waals surface area contributed by atoms with Gasteiger partial charge in [0.25, 0.3) is 5.56 Å². The van der Waals surface area contributed by atoms with Gasteiger partial charge in [-0.2, -0.15) is 5.26 Å². The minimum absolute atomic E-state index is 0.0891. The Morgan fingerprint density at radius 2 is 2.00 bits per heavy atom. The maximum Gasteiger partial charge on any atom is 0.262 e. The van der Waals surface area contributed by atoms with Crippen molar-refractivity contribution in [2.75, 3.05) is 0 Å². The lowest BCUT2D eigenvalue weighted by molar-refractivity contribution is 0.853. The van der Waals surface area contributed by atoms with E-state index in [0.717, 1.165) is 11.1 Å². The molecule has 0 saturated carbocycles. The average molecular weight is 347 g/mol. The molecule has 4 rings (SSSR count). The molecule has 0 N–H and O–H groups in total. The minimum atomic E-state index is -0.0891. The molecule has 2 aromatic heterocycles. The topological polar surface area (TPSA) is 76.0 Å². The highest BCUT2D eigenvalue weighted by molar-refractivity contribution is 7.98. The van der Waals surface area contributed by atoms with Gasteiger partial charge in [0.2, 0.25) is 5.78 Å². The summed E-state index contributed by atoms with van der Waals surface area (Å²) in [4.78, 5) is 12.4. The lowest BCUT2D eigenvalue weighted by Gasteiger charge is -2.07. The Balaban J connectivity index is 1.81. The molecule has 0 saturated heterocycles. The van der Waals surface area contributed by atoms with E-state index in [9.17, 15) is 4.79 Å². The van der Waals surface area contributed by atoms with E-state index in [2.05, 4.69) is 16.3 Å². The van der Waals surface area contributed by atoms with Crippen molar-refractivity contribution in [1.82, 2.24) is 19.2 Å². The molecule has 0 aliphatic carbocycles. The largest absolute Gasteiger partial charge is 0.279 e. The summed E-state index contributed by atoms with van der Waals surface area (Å²) in [7, 11) is 1.70. The van der Waals surface area contributed by atoms with Crippen molar-refractivity contribution in [1.29, 1.82) is 5.26 Å². The normalized spacial score (nSPS) is 11.0. The molecule has 2 heterocycles. The Kier molecular flexibility index (Phi) is 3.75. The standard InChI is InChI=1S/C18H13N5OS/c1-22-16(24)14-7-2-3-8-15(14)23-17(22)20-21-18(23)25-11-13-6-4-5-12(9-13)10-19/h2-9H,11H2,1H3. The van der Waals surface area contributed by atoms with E-state index in [-0.39, 0.29) is 5.56 Å². The third-order valence-electron chi connectivity index (χ3n) is 4.02. The summed E-state index contributed by atoms with van der Waals surface area (Å²) in [5.41, 5.74) is 2.37. The summed E-state index contributed by atoms with van der Waals surface area (Å²) in [5, 5.41) is 18.8. The van der Waals surface area contributed by atoms with Crippen molar-refractivity contribution in [3.05, 3.63) is 70.0 Å². The molecule has 0 atom stereocenters. The van der Waals surface area contributed by atoms with Gasteiger partial charge in [0.1, 0.15) is 0 Å². The molecule has 2 aromatic carbocycles. The highest BCUT2D eigenvalue weighted by Gasteiger charge is 2.14. The van der Waals surface area contributed by atoms with Gasteiger partial charge in [0, 0.05) is 12.8 Å².